The molecule has 1 heterocycles. The number of nitrogens with zero attached hydrogens (tertiary/aromatic N) is 3. The number of halogens is 2. The second-order valence-electron chi connectivity index (χ2n) is 6.27. The molecule has 0 unspecified atom stereocenters. The largest absolute Gasteiger partial charge is 0.328 e. The molecular formula is C21H20Cl2N4O2S. The summed E-state index contributed by atoms with van der Waals surface area (Å²) in [6.07, 6.45) is 3.43. The third kappa shape index (κ3) is 4.80. The number of para-hydroxylation sites is 2. The Kier molecular flexibility index (Phi) is 7.42. The van der Waals surface area contributed by atoms with E-state index in [4.69, 9.17) is 23.2 Å². The van der Waals surface area contributed by atoms with Crippen molar-refractivity contribution in [2.75, 3.05) is 24.7 Å². The number of hydrogen-bond acceptors (Lipinski definition) is 4. The molecule has 2 aromatic carbocycles. The molecule has 1 aromatic heterocycles. The number of thioether (sulfide) groups is 1. The zero-order valence-corrected chi connectivity index (χ0v) is 18.8. The van der Waals surface area contributed by atoms with Gasteiger partial charge in [-0.1, -0.05) is 59.2 Å². The molecule has 0 spiro atoms. The number of benzene rings is 2. The second kappa shape index (κ2) is 10.0. The van der Waals surface area contributed by atoms with Crippen molar-refractivity contribution < 1.29 is 9.59 Å². The number of carbonyl (C=O) groups excluding carboxylic acids is 2. The normalized spacial score (nSPS) is 10.7. The first kappa shape index (κ1) is 22.2. The van der Waals surface area contributed by atoms with Gasteiger partial charge in [0.05, 0.1) is 21.9 Å². The van der Waals surface area contributed by atoms with Crippen LogP contribution in [0.25, 0.3) is 5.69 Å². The number of aromatic nitrogens is 2. The van der Waals surface area contributed by atoms with Crippen molar-refractivity contribution in [3.63, 3.8) is 0 Å². The van der Waals surface area contributed by atoms with E-state index in [9.17, 15) is 9.59 Å². The van der Waals surface area contributed by atoms with Gasteiger partial charge < -0.3 is 10.2 Å². The maximum Gasteiger partial charge on any atom is 0.272 e. The minimum Gasteiger partial charge on any atom is -0.328 e. The Balaban J connectivity index is 1.83. The van der Waals surface area contributed by atoms with E-state index in [1.54, 1.807) is 22.8 Å². The molecule has 0 saturated heterocycles. The molecule has 6 nitrogen and oxygen atoms in total. The van der Waals surface area contributed by atoms with Gasteiger partial charge in [0.1, 0.15) is 12.2 Å². The average molecular weight is 463 g/mol. The summed E-state index contributed by atoms with van der Waals surface area (Å²) in [4.78, 5) is 31.6. The SMILES string of the molecule is CCN(CC(=O)Nc1c(Cl)cccc1Cl)C(=O)c1cnc(SC)n1-c1ccccc1. The Hall–Kier alpha value is -2.48. The molecule has 0 atom stereocenters. The van der Waals surface area contributed by atoms with E-state index < -0.39 is 5.91 Å². The first-order valence-corrected chi connectivity index (χ1v) is 11.1. The van der Waals surface area contributed by atoms with Crippen molar-refractivity contribution in [2.45, 2.75) is 12.1 Å². The van der Waals surface area contributed by atoms with E-state index in [1.165, 1.54) is 22.9 Å². The Morgan fingerprint density at radius 1 is 1.10 bits per heavy atom. The molecule has 0 radical (unpaired) electrons. The second-order valence-corrected chi connectivity index (χ2v) is 7.85. The van der Waals surface area contributed by atoms with Crippen LogP contribution in [0.15, 0.2) is 59.9 Å². The third-order valence-corrected chi connectivity index (χ3v) is 5.66. The number of rotatable bonds is 7. The summed E-state index contributed by atoms with van der Waals surface area (Å²) in [7, 11) is 0. The van der Waals surface area contributed by atoms with E-state index in [0.29, 0.717) is 33.1 Å². The van der Waals surface area contributed by atoms with Gasteiger partial charge in [-0.2, -0.15) is 0 Å². The predicted octanol–water partition coefficient (Wildman–Crippen LogP) is 5.00. The first-order valence-electron chi connectivity index (χ1n) is 9.16. The van der Waals surface area contributed by atoms with Crippen molar-refractivity contribution >= 4 is 52.5 Å². The standard InChI is InChI=1S/C21H20Cl2N4O2S/c1-3-26(13-18(28)25-19-15(22)10-7-11-16(19)23)20(29)17-12-24-21(30-2)27(17)14-8-5-4-6-9-14/h4-12H,3,13H2,1-2H3,(H,25,28). The van der Waals surface area contributed by atoms with Crippen LogP contribution in [0.2, 0.25) is 10.0 Å². The van der Waals surface area contributed by atoms with Crippen LogP contribution in [-0.4, -0.2) is 45.6 Å². The quantitative estimate of drug-likeness (QED) is 0.501. The van der Waals surface area contributed by atoms with Crippen LogP contribution in [-0.2, 0) is 4.79 Å². The van der Waals surface area contributed by atoms with Crippen LogP contribution in [0.1, 0.15) is 17.4 Å². The molecule has 0 fully saturated rings. The molecule has 2 amide bonds. The molecule has 156 valence electrons. The Morgan fingerprint density at radius 3 is 2.37 bits per heavy atom. The summed E-state index contributed by atoms with van der Waals surface area (Å²) in [6.45, 7) is 2.01. The zero-order valence-electron chi connectivity index (χ0n) is 16.4. The van der Waals surface area contributed by atoms with Crippen LogP contribution in [0.3, 0.4) is 0 Å². The van der Waals surface area contributed by atoms with E-state index in [0.717, 1.165) is 5.69 Å². The third-order valence-electron chi connectivity index (χ3n) is 4.38. The van der Waals surface area contributed by atoms with E-state index >= 15 is 0 Å². The molecule has 0 aliphatic heterocycles. The molecule has 30 heavy (non-hydrogen) atoms. The Morgan fingerprint density at radius 2 is 1.77 bits per heavy atom. The summed E-state index contributed by atoms with van der Waals surface area (Å²) in [5, 5.41) is 4.04. The number of hydrogen-bond donors (Lipinski definition) is 1. The lowest BCUT2D eigenvalue weighted by molar-refractivity contribution is -0.116. The number of anilines is 1. The molecule has 1 N–H and O–H groups in total. The van der Waals surface area contributed by atoms with Gasteiger partial charge in [-0.05, 0) is 37.4 Å². The first-order chi connectivity index (χ1) is 14.5. The van der Waals surface area contributed by atoms with Crippen LogP contribution in [0.5, 0.6) is 0 Å². The van der Waals surface area contributed by atoms with Crippen LogP contribution in [0, 0.1) is 0 Å². The highest BCUT2D eigenvalue weighted by Gasteiger charge is 2.24. The summed E-state index contributed by atoms with van der Waals surface area (Å²) < 4.78 is 1.79. The maximum absolute atomic E-state index is 13.2. The number of amides is 2. The van der Waals surface area contributed by atoms with Gasteiger partial charge in [0.2, 0.25) is 5.91 Å². The van der Waals surface area contributed by atoms with Gasteiger partial charge in [-0.15, -0.1) is 0 Å². The minimum atomic E-state index is -0.393. The number of carbonyl (C=O) groups is 2. The van der Waals surface area contributed by atoms with Crippen LogP contribution < -0.4 is 5.32 Å². The molecule has 0 aliphatic carbocycles. The van der Waals surface area contributed by atoms with Crippen molar-refractivity contribution in [3.05, 3.63) is 70.5 Å². The van der Waals surface area contributed by atoms with E-state index in [1.807, 2.05) is 43.5 Å². The molecule has 0 saturated carbocycles. The summed E-state index contributed by atoms with van der Waals surface area (Å²) >= 11 is 13.7. The molecule has 0 bridgehead atoms. The lowest BCUT2D eigenvalue weighted by Crippen LogP contribution is -2.38. The molecule has 3 aromatic rings. The summed E-state index contributed by atoms with van der Waals surface area (Å²) in [5.41, 5.74) is 1.54. The van der Waals surface area contributed by atoms with Crippen LogP contribution >= 0.6 is 35.0 Å². The van der Waals surface area contributed by atoms with Crippen molar-refractivity contribution in [1.29, 1.82) is 0 Å². The van der Waals surface area contributed by atoms with Gasteiger partial charge in [0.25, 0.3) is 5.91 Å². The van der Waals surface area contributed by atoms with Gasteiger partial charge >= 0.3 is 0 Å². The minimum absolute atomic E-state index is 0.147. The smallest absolute Gasteiger partial charge is 0.272 e. The van der Waals surface area contributed by atoms with E-state index in [-0.39, 0.29) is 12.5 Å². The predicted molar refractivity (Wildman–Crippen MR) is 122 cm³/mol. The summed E-state index contributed by atoms with van der Waals surface area (Å²) in [6, 6.07) is 14.5. The Labute approximate surface area is 189 Å². The lowest BCUT2D eigenvalue weighted by atomic mass is 10.3. The molecule has 9 heteroatoms. The molecular weight excluding hydrogens is 443 g/mol. The number of nitrogens with one attached hydrogen (secondary N) is 1. The molecule has 0 aliphatic rings. The zero-order chi connectivity index (χ0) is 21.7. The highest BCUT2D eigenvalue weighted by molar-refractivity contribution is 7.98. The van der Waals surface area contributed by atoms with Gasteiger partial charge in [-0.25, -0.2) is 4.98 Å². The van der Waals surface area contributed by atoms with E-state index in [2.05, 4.69) is 10.3 Å². The lowest BCUT2D eigenvalue weighted by Gasteiger charge is -2.21. The highest BCUT2D eigenvalue weighted by Crippen LogP contribution is 2.29. The average Bonchev–Trinajstić information content (AvgIpc) is 3.19. The van der Waals surface area contributed by atoms with Gasteiger partial charge in [-0.3, -0.25) is 14.2 Å². The fourth-order valence-corrected chi connectivity index (χ4v) is 3.95. The highest BCUT2D eigenvalue weighted by atomic mass is 35.5. The maximum atomic E-state index is 13.2. The number of imidazole rings is 1. The Bertz CT molecular complexity index is 1040. The topological polar surface area (TPSA) is 67.2 Å². The van der Waals surface area contributed by atoms with Crippen molar-refractivity contribution in [3.8, 4) is 5.69 Å². The van der Waals surface area contributed by atoms with Crippen molar-refractivity contribution in [1.82, 2.24) is 14.5 Å². The van der Waals surface area contributed by atoms with Gasteiger partial charge in [0.15, 0.2) is 5.16 Å². The fraction of sp³-hybridized carbons (Fsp3) is 0.190. The molecule has 3 rings (SSSR count). The van der Waals surface area contributed by atoms with Gasteiger partial charge in [0, 0.05) is 12.2 Å². The number of likely N-dealkylation sites (N-methyl/N-ethyl adjacent to an activating group) is 1. The fourth-order valence-electron chi connectivity index (χ4n) is 2.92. The van der Waals surface area contributed by atoms with Crippen molar-refractivity contribution in [2.24, 2.45) is 0 Å². The monoisotopic (exact) mass is 462 g/mol. The van der Waals surface area contributed by atoms with Crippen LogP contribution in [0.4, 0.5) is 5.69 Å². The summed E-state index contributed by atoms with van der Waals surface area (Å²) in [5.74, 6) is -0.689.